The first-order chi connectivity index (χ1) is 10.2. The summed E-state index contributed by atoms with van der Waals surface area (Å²) < 4.78 is 14.1. The number of carbonyl (C=O) groups is 1. The second kappa shape index (κ2) is 5.52. The molecule has 0 aromatic heterocycles. The van der Waals surface area contributed by atoms with Gasteiger partial charge < -0.3 is 5.32 Å². The Bertz CT molecular complexity index is 734. The summed E-state index contributed by atoms with van der Waals surface area (Å²) in [5.74, 6) is -0.398. The number of allylic oxidation sites excluding steroid dienone is 1. The van der Waals surface area contributed by atoms with E-state index in [-0.39, 0.29) is 11.7 Å². The van der Waals surface area contributed by atoms with Crippen LogP contribution < -0.4 is 5.32 Å². The number of hydrogen-bond acceptors (Lipinski definition) is 1. The third kappa shape index (κ3) is 2.59. The van der Waals surface area contributed by atoms with Crippen molar-refractivity contribution < 1.29 is 9.18 Å². The quantitative estimate of drug-likeness (QED) is 0.892. The number of aryl methyl sites for hydroxylation is 1. The number of benzene rings is 2. The van der Waals surface area contributed by atoms with Crippen molar-refractivity contribution in [1.29, 1.82) is 0 Å². The van der Waals surface area contributed by atoms with Crippen LogP contribution in [0.25, 0.3) is 11.3 Å². The van der Waals surface area contributed by atoms with Crippen molar-refractivity contribution >= 4 is 17.2 Å². The molecule has 0 aliphatic heterocycles. The fourth-order valence-corrected chi connectivity index (χ4v) is 2.82. The number of halogens is 1. The molecule has 0 spiro atoms. The molecule has 1 aliphatic rings. The van der Waals surface area contributed by atoms with Crippen LogP contribution in [0.4, 0.5) is 4.39 Å². The van der Waals surface area contributed by atoms with Crippen LogP contribution >= 0.6 is 0 Å². The molecular formula is C18H16FNO. The van der Waals surface area contributed by atoms with Crippen LogP contribution in [0.5, 0.6) is 0 Å². The normalized spacial score (nSPS) is 13.8. The monoisotopic (exact) mass is 281 g/mol. The van der Waals surface area contributed by atoms with Crippen molar-refractivity contribution in [2.24, 2.45) is 0 Å². The summed E-state index contributed by atoms with van der Waals surface area (Å²) in [6.45, 7) is 1.48. The molecule has 0 heterocycles. The van der Waals surface area contributed by atoms with Gasteiger partial charge in [-0.05, 0) is 30.0 Å². The van der Waals surface area contributed by atoms with Crippen molar-refractivity contribution in [3.05, 3.63) is 71.0 Å². The van der Waals surface area contributed by atoms with E-state index in [9.17, 15) is 9.18 Å². The lowest BCUT2D eigenvalue weighted by Crippen LogP contribution is -2.22. The maximum absolute atomic E-state index is 14.1. The summed E-state index contributed by atoms with van der Waals surface area (Å²) in [6, 6.07) is 14.7. The van der Waals surface area contributed by atoms with E-state index in [1.54, 1.807) is 12.1 Å². The molecule has 0 fully saturated rings. The molecule has 3 heteroatoms. The van der Waals surface area contributed by atoms with Crippen LogP contribution in [0.2, 0.25) is 0 Å². The SMILES string of the molecule is CC(=O)NC1=C(c2ccccc2F)CCc2ccccc21. The summed E-state index contributed by atoms with van der Waals surface area (Å²) in [7, 11) is 0. The molecule has 0 atom stereocenters. The second-order valence-electron chi connectivity index (χ2n) is 5.17. The van der Waals surface area contributed by atoms with Crippen molar-refractivity contribution in [3.63, 3.8) is 0 Å². The Hall–Kier alpha value is -2.42. The molecule has 0 saturated heterocycles. The number of nitrogens with one attached hydrogen (secondary N) is 1. The van der Waals surface area contributed by atoms with Crippen LogP contribution in [0, 0.1) is 5.82 Å². The Morgan fingerprint density at radius 2 is 1.67 bits per heavy atom. The molecule has 0 unspecified atom stereocenters. The summed E-state index contributed by atoms with van der Waals surface area (Å²) in [6.07, 6.45) is 1.57. The van der Waals surface area contributed by atoms with Gasteiger partial charge in [0.15, 0.2) is 0 Å². The molecule has 3 rings (SSSR count). The minimum Gasteiger partial charge on any atom is -0.326 e. The van der Waals surface area contributed by atoms with Crippen LogP contribution in [0.1, 0.15) is 30.0 Å². The lowest BCUT2D eigenvalue weighted by Gasteiger charge is -2.24. The fourth-order valence-electron chi connectivity index (χ4n) is 2.82. The van der Waals surface area contributed by atoms with E-state index < -0.39 is 0 Å². The van der Waals surface area contributed by atoms with Crippen molar-refractivity contribution in [1.82, 2.24) is 5.32 Å². The maximum atomic E-state index is 14.1. The van der Waals surface area contributed by atoms with E-state index in [4.69, 9.17) is 0 Å². The molecule has 2 aromatic rings. The minimum absolute atomic E-state index is 0.143. The molecule has 1 amide bonds. The maximum Gasteiger partial charge on any atom is 0.221 e. The van der Waals surface area contributed by atoms with Gasteiger partial charge in [0, 0.05) is 18.1 Å². The van der Waals surface area contributed by atoms with Crippen LogP contribution in [-0.4, -0.2) is 5.91 Å². The summed E-state index contributed by atoms with van der Waals surface area (Å²) in [4.78, 5) is 11.5. The van der Waals surface area contributed by atoms with Gasteiger partial charge >= 0.3 is 0 Å². The Morgan fingerprint density at radius 3 is 2.38 bits per heavy atom. The zero-order valence-corrected chi connectivity index (χ0v) is 11.8. The van der Waals surface area contributed by atoms with Crippen molar-refractivity contribution in [3.8, 4) is 0 Å². The van der Waals surface area contributed by atoms with Gasteiger partial charge in [-0.2, -0.15) is 0 Å². The molecule has 0 saturated carbocycles. The summed E-state index contributed by atoms with van der Waals surface area (Å²) in [5.41, 5.74) is 4.32. The van der Waals surface area contributed by atoms with Gasteiger partial charge in [-0.3, -0.25) is 4.79 Å². The average Bonchev–Trinajstić information content (AvgIpc) is 2.48. The number of rotatable bonds is 2. The average molecular weight is 281 g/mol. The molecule has 0 bridgehead atoms. The van der Waals surface area contributed by atoms with Gasteiger partial charge in [-0.15, -0.1) is 0 Å². The zero-order chi connectivity index (χ0) is 14.8. The number of carbonyl (C=O) groups excluding carboxylic acids is 1. The van der Waals surface area contributed by atoms with Crippen molar-refractivity contribution in [2.45, 2.75) is 19.8 Å². The lowest BCUT2D eigenvalue weighted by atomic mass is 9.86. The molecule has 2 aromatic carbocycles. The van der Waals surface area contributed by atoms with E-state index in [0.717, 1.165) is 23.3 Å². The molecule has 2 nitrogen and oxygen atoms in total. The highest BCUT2D eigenvalue weighted by atomic mass is 19.1. The van der Waals surface area contributed by atoms with E-state index in [1.165, 1.54) is 18.6 Å². The van der Waals surface area contributed by atoms with Gasteiger partial charge in [0.05, 0.1) is 5.70 Å². The first-order valence-corrected chi connectivity index (χ1v) is 7.00. The standard InChI is InChI=1S/C18H16FNO/c1-12(21)20-18-14-7-3-2-6-13(14)10-11-16(18)15-8-4-5-9-17(15)19/h2-9H,10-11H2,1H3,(H,20,21). The van der Waals surface area contributed by atoms with Crippen LogP contribution in [0.3, 0.4) is 0 Å². The number of amides is 1. The topological polar surface area (TPSA) is 29.1 Å². The van der Waals surface area contributed by atoms with E-state index in [2.05, 4.69) is 11.4 Å². The third-order valence-electron chi connectivity index (χ3n) is 3.73. The largest absolute Gasteiger partial charge is 0.326 e. The Balaban J connectivity index is 2.21. The van der Waals surface area contributed by atoms with Crippen molar-refractivity contribution in [2.75, 3.05) is 0 Å². The third-order valence-corrected chi connectivity index (χ3v) is 3.73. The van der Waals surface area contributed by atoms with Gasteiger partial charge in [0.1, 0.15) is 5.82 Å². The van der Waals surface area contributed by atoms with E-state index >= 15 is 0 Å². The number of hydrogen-bond donors (Lipinski definition) is 1. The van der Waals surface area contributed by atoms with Crippen LogP contribution in [0.15, 0.2) is 48.5 Å². The zero-order valence-electron chi connectivity index (χ0n) is 11.8. The fraction of sp³-hybridized carbons (Fsp3) is 0.167. The summed E-state index contributed by atoms with van der Waals surface area (Å²) in [5, 5.41) is 2.89. The summed E-state index contributed by atoms with van der Waals surface area (Å²) >= 11 is 0. The molecule has 21 heavy (non-hydrogen) atoms. The predicted octanol–water partition coefficient (Wildman–Crippen LogP) is 3.78. The molecule has 0 radical (unpaired) electrons. The molecular weight excluding hydrogens is 265 g/mol. The first-order valence-electron chi connectivity index (χ1n) is 7.00. The Labute approximate surface area is 123 Å². The van der Waals surface area contributed by atoms with Gasteiger partial charge in [0.25, 0.3) is 0 Å². The molecule has 106 valence electrons. The predicted molar refractivity (Wildman–Crippen MR) is 81.8 cm³/mol. The number of fused-ring (bicyclic) bond motifs is 1. The van der Waals surface area contributed by atoms with Gasteiger partial charge in [-0.25, -0.2) is 4.39 Å². The molecule has 1 aliphatic carbocycles. The Morgan fingerprint density at radius 1 is 1.00 bits per heavy atom. The molecule has 1 N–H and O–H groups in total. The van der Waals surface area contributed by atoms with Gasteiger partial charge in [-0.1, -0.05) is 42.5 Å². The smallest absolute Gasteiger partial charge is 0.221 e. The second-order valence-corrected chi connectivity index (χ2v) is 5.17. The minimum atomic E-state index is -0.255. The van der Waals surface area contributed by atoms with Gasteiger partial charge in [0.2, 0.25) is 5.91 Å². The van der Waals surface area contributed by atoms with Crippen LogP contribution in [-0.2, 0) is 11.2 Å². The highest BCUT2D eigenvalue weighted by Crippen LogP contribution is 2.36. The lowest BCUT2D eigenvalue weighted by molar-refractivity contribution is -0.117. The highest BCUT2D eigenvalue weighted by Gasteiger charge is 2.22. The Kier molecular flexibility index (Phi) is 3.57. The van der Waals surface area contributed by atoms with E-state index in [1.807, 2.05) is 24.3 Å². The first kappa shape index (κ1) is 13.6. The van der Waals surface area contributed by atoms with E-state index in [0.29, 0.717) is 12.0 Å². The highest BCUT2D eigenvalue weighted by molar-refractivity contribution is 5.98.